The van der Waals surface area contributed by atoms with Gasteiger partial charge in [0.05, 0.1) is 12.5 Å². The van der Waals surface area contributed by atoms with Crippen LogP contribution in [-0.2, 0) is 9.53 Å². The average molecular weight is 180 g/mol. The van der Waals surface area contributed by atoms with Gasteiger partial charge in [-0.15, -0.1) is 6.58 Å². The van der Waals surface area contributed by atoms with Crippen molar-refractivity contribution in [2.24, 2.45) is 17.3 Å². The van der Waals surface area contributed by atoms with E-state index in [1.165, 1.54) is 32.8 Å². The van der Waals surface area contributed by atoms with Crippen LogP contribution in [0.3, 0.4) is 0 Å². The second-order valence-corrected chi connectivity index (χ2v) is 4.13. The monoisotopic (exact) mass is 180 g/mol. The van der Waals surface area contributed by atoms with Crippen molar-refractivity contribution in [1.29, 1.82) is 0 Å². The summed E-state index contributed by atoms with van der Waals surface area (Å²) >= 11 is 0. The Morgan fingerprint density at radius 2 is 2.00 bits per heavy atom. The molecule has 2 aliphatic carbocycles. The van der Waals surface area contributed by atoms with Crippen LogP contribution in [0.15, 0.2) is 12.7 Å². The molecule has 0 spiro atoms. The maximum absolute atomic E-state index is 11.6. The molecule has 0 N–H and O–H groups in total. The molecule has 0 aromatic rings. The molecule has 0 unspecified atom stereocenters. The summed E-state index contributed by atoms with van der Waals surface area (Å²) in [4.78, 5) is 11.6. The van der Waals surface area contributed by atoms with Crippen molar-refractivity contribution in [1.82, 2.24) is 0 Å². The fourth-order valence-electron chi connectivity index (χ4n) is 3.04. The zero-order valence-corrected chi connectivity index (χ0v) is 8.08. The molecule has 2 fully saturated rings. The van der Waals surface area contributed by atoms with E-state index in [0.717, 1.165) is 0 Å². The third-order valence-electron chi connectivity index (χ3n) is 3.76. The summed E-state index contributed by atoms with van der Waals surface area (Å²) in [5, 5.41) is 0. The Hall–Kier alpha value is -0.790. The van der Waals surface area contributed by atoms with Crippen LogP contribution in [0.25, 0.3) is 0 Å². The van der Waals surface area contributed by atoms with Crippen LogP contribution in [0.1, 0.15) is 25.7 Å². The Labute approximate surface area is 79.0 Å². The molecule has 0 heterocycles. The summed E-state index contributed by atoms with van der Waals surface area (Å²) in [5.74, 6) is 0.997. The van der Waals surface area contributed by atoms with Gasteiger partial charge in [-0.1, -0.05) is 18.9 Å². The molecule has 0 radical (unpaired) electrons. The van der Waals surface area contributed by atoms with E-state index in [-0.39, 0.29) is 11.4 Å². The SMILES string of the molecule is C=CC1(C(=O)OC)[C@@H]2CCCC[C@H]21. The summed E-state index contributed by atoms with van der Waals surface area (Å²) in [6.07, 6.45) is 6.68. The molecule has 0 bridgehead atoms. The summed E-state index contributed by atoms with van der Waals surface area (Å²) < 4.78 is 4.85. The Morgan fingerprint density at radius 3 is 2.38 bits per heavy atom. The van der Waals surface area contributed by atoms with Crippen LogP contribution in [0, 0.1) is 17.3 Å². The van der Waals surface area contributed by atoms with Crippen molar-refractivity contribution in [3.8, 4) is 0 Å². The molecule has 72 valence electrons. The number of methoxy groups -OCH3 is 1. The van der Waals surface area contributed by atoms with Crippen LogP contribution in [0.5, 0.6) is 0 Å². The Kier molecular flexibility index (Phi) is 1.94. The maximum Gasteiger partial charge on any atom is 0.316 e. The Balaban J connectivity index is 2.19. The van der Waals surface area contributed by atoms with E-state index in [1.54, 1.807) is 0 Å². The molecule has 2 aliphatic rings. The second kappa shape index (κ2) is 2.86. The van der Waals surface area contributed by atoms with Gasteiger partial charge >= 0.3 is 5.97 Å². The number of esters is 1. The Bertz CT molecular complexity index is 232. The average Bonchev–Trinajstić information content (AvgIpc) is 2.86. The summed E-state index contributed by atoms with van der Waals surface area (Å²) in [6, 6.07) is 0. The maximum atomic E-state index is 11.6. The van der Waals surface area contributed by atoms with Gasteiger partial charge in [-0.05, 0) is 24.7 Å². The molecule has 2 saturated carbocycles. The van der Waals surface area contributed by atoms with Gasteiger partial charge in [0.2, 0.25) is 0 Å². The van der Waals surface area contributed by atoms with Crippen molar-refractivity contribution in [2.45, 2.75) is 25.7 Å². The number of carbonyl (C=O) groups excluding carboxylic acids is 1. The molecule has 2 nitrogen and oxygen atoms in total. The lowest BCUT2D eigenvalue weighted by molar-refractivity contribution is -0.146. The third kappa shape index (κ3) is 0.976. The first-order valence-electron chi connectivity index (χ1n) is 4.99. The van der Waals surface area contributed by atoms with Gasteiger partial charge in [0.1, 0.15) is 0 Å². The van der Waals surface area contributed by atoms with Crippen LogP contribution >= 0.6 is 0 Å². The van der Waals surface area contributed by atoms with Crippen molar-refractivity contribution in [3.63, 3.8) is 0 Å². The summed E-state index contributed by atoms with van der Waals surface area (Å²) in [5.41, 5.74) is -0.300. The normalized spacial score (nSPS) is 41.9. The summed E-state index contributed by atoms with van der Waals surface area (Å²) in [7, 11) is 1.47. The van der Waals surface area contributed by atoms with Gasteiger partial charge in [-0.25, -0.2) is 0 Å². The van der Waals surface area contributed by atoms with Crippen molar-refractivity contribution in [3.05, 3.63) is 12.7 Å². The van der Waals surface area contributed by atoms with E-state index >= 15 is 0 Å². The number of ether oxygens (including phenoxy) is 1. The van der Waals surface area contributed by atoms with Crippen molar-refractivity contribution >= 4 is 5.97 Å². The van der Waals surface area contributed by atoms with E-state index in [1.807, 2.05) is 6.08 Å². The van der Waals surface area contributed by atoms with Gasteiger partial charge in [0.25, 0.3) is 0 Å². The van der Waals surface area contributed by atoms with E-state index in [9.17, 15) is 4.79 Å². The van der Waals surface area contributed by atoms with Crippen LogP contribution in [0.2, 0.25) is 0 Å². The molecule has 0 aromatic heterocycles. The fraction of sp³-hybridized carbons (Fsp3) is 0.727. The predicted octanol–water partition coefficient (Wildman–Crippen LogP) is 2.15. The molecule has 13 heavy (non-hydrogen) atoms. The van der Waals surface area contributed by atoms with Crippen molar-refractivity contribution < 1.29 is 9.53 Å². The number of carbonyl (C=O) groups is 1. The van der Waals surface area contributed by atoms with Gasteiger partial charge in [-0.3, -0.25) is 4.79 Å². The molecule has 0 aromatic carbocycles. The van der Waals surface area contributed by atoms with Crippen LogP contribution in [0.4, 0.5) is 0 Å². The molecule has 2 atom stereocenters. The highest BCUT2D eigenvalue weighted by Crippen LogP contribution is 2.66. The van der Waals surface area contributed by atoms with Gasteiger partial charge in [0, 0.05) is 0 Å². The third-order valence-corrected chi connectivity index (χ3v) is 3.76. The fourth-order valence-corrected chi connectivity index (χ4v) is 3.04. The van der Waals surface area contributed by atoms with E-state index in [0.29, 0.717) is 11.8 Å². The number of hydrogen-bond acceptors (Lipinski definition) is 2. The van der Waals surface area contributed by atoms with Crippen LogP contribution in [-0.4, -0.2) is 13.1 Å². The summed E-state index contributed by atoms with van der Waals surface area (Å²) in [6.45, 7) is 3.79. The minimum absolute atomic E-state index is 0.0700. The van der Waals surface area contributed by atoms with E-state index in [4.69, 9.17) is 4.74 Å². The smallest absolute Gasteiger partial charge is 0.316 e. The largest absolute Gasteiger partial charge is 0.468 e. The number of rotatable bonds is 2. The first-order valence-corrected chi connectivity index (χ1v) is 4.99. The zero-order chi connectivity index (χ0) is 9.47. The number of hydrogen-bond donors (Lipinski definition) is 0. The predicted molar refractivity (Wildman–Crippen MR) is 50.1 cm³/mol. The minimum atomic E-state index is -0.300. The van der Waals surface area contributed by atoms with Gasteiger partial charge in [0.15, 0.2) is 0 Å². The molecule has 2 rings (SSSR count). The standard InChI is InChI=1S/C11H16O2/c1-3-11(10(12)13-2)8-6-4-5-7-9(8)11/h3,8-9H,1,4-7H2,2H3/t8-,9-/m1/s1. The minimum Gasteiger partial charge on any atom is -0.468 e. The highest BCUT2D eigenvalue weighted by atomic mass is 16.5. The topological polar surface area (TPSA) is 26.3 Å². The molecule has 0 amide bonds. The number of fused-ring (bicyclic) bond motifs is 1. The highest BCUT2D eigenvalue weighted by Gasteiger charge is 2.68. The Morgan fingerprint density at radius 1 is 1.46 bits per heavy atom. The molecule has 2 heteroatoms. The van der Waals surface area contributed by atoms with E-state index < -0.39 is 0 Å². The molecule has 0 aliphatic heterocycles. The van der Waals surface area contributed by atoms with Crippen molar-refractivity contribution in [2.75, 3.05) is 7.11 Å². The molecular weight excluding hydrogens is 164 g/mol. The first kappa shape index (κ1) is 8.79. The zero-order valence-electron chi connectivity index (χ0n) is 8.08. The lowest BCUT2D eigenvalue weighted by Gasteiger charge is -2.08. The highest BCUT2D eigenvalue weighted by molar-refractivity contribution is 5.83. The van der Waals surface area contributed by atoms with Gasteiger partial charge in [-0.2, -0.15) is 0 Å². The lowest BCUT2D eigenvalue weighted by Crippen LogP contribution is -2.18. The molecular formula is C11H16O2. The van der Waals surface area contributed by atoms with E-state index in [2.05, 4.69) is 6.58 Å². The molecule has 0 saturated heterocycles. The quantitative estimate of drug-likeness (QED) is 0.481. The first-order chi connectivity index (χ1) is 6.27. The lowest BCUT2D eigenvalue weighted by atomic mass is 10.0. The van der Waals surface area contributed by atoms with Crippen LogP contribution < -0.4 is 0 Å². The van der Waals surface area contributed by atoms with Gasteiger partial charge < -0.3 is 4.74 Å². The second-order valence-electron chi connectivity index (χ2n) is 4.13.